The second-order valence-corrected chi connectivity index (χ2v) is 6.54. The molecule has 23 heavy (non-hydrogen) atoms. The highest BCUT2D eigenvalue weighted by Crippen LogP contribution is 2.39. The van der Waals surface area contributed by atoms with Crippen molar-refractivity contribution in [1.82, 2.24) is 9.88 Å². The summed E-state index contributed by atoms with van der Waals surface area (Å²) >= 11 is 0. The smallest absolute Gasteiger partial charge is 0.407 e. The van der Waals surface area contributed by atoms with Crippen LogP contribution in [-0.4, -0.2) is 45.7 Å². The zero-order valence-electron chi connectivity index (χ0n) is 13.4. The van der Waals surface area contributed by atoms with Crippen molar-refractivity contribution >= 4 is 12.1 Å². The van der Waals surface area contributed by atoms with E-state index in [4.69, 9.17) is 9.47 Å². The van der Waals surface area contributed by atoms with Gasteiger partial charge >= 0.3 is 12.1 Å². The van der Waals surface area contributed by atoms with E-state index in [0.717, 1.165) is 5.56 Å². The van der Waals surface area contributed by atoms with Gasteiger partial charge in [-0.15, -0.1) is 0 Å². The average molecular weight is 320 g/mol. The largest absolute Gasteiger partial charge is 0.472 e. The number of hydrogen-bond donors (Lipinski definition) is 1. The first kappa shape index (κ1) is 15.6. The molecular formula is C16H20N2O5. The molecule has 0 radical (unpaired) electrons. The molecule has 1 amide bonds. The van der Waals surface area contributed by atoms with Gasteiger partial charge in [-0.25, -0.2) is 14.6 Å². The van der Waals surface area contributed by atoms with Crippen LogP contribution in [0.3, 0.4) is 0 Å². The lowest BCUT2D eigenvalue weighted by molar-refractivity contribution is 0.00911. The van der Waals surface area contributed by atoms with E-state index in [9.17, 15) is 14.7 Å². The summed E-state index contributed by atoms with van der Waals surface area (Å²) in [5.74, 6) is -0.227. The lowest BCUT2D eigenvalue weighted by atomic mass is 9.97. The van der Waals surface area contributed by atoms with E-state index in [1.54, 1.807) is 12.3 Å². The van der Waals surface area contributed by atoms with Crippen molar-refractivity contribution in [3.63, 3.8) is 0 Å². The van der Waals surface area contributed by atoms with Crippen LogP contribution in [0.15, 0.2) is 12.3 Å². The monoisotopic (exact) mass is 320 g/mol. The van der Waals surface area contributed by atoms with Crippen LogP contribution in [0.1, 0.15) is 49.5 Å². The summed E-state index contributed by atoms with van der Waals surface area (Å²) in [6, 6.07) is 1.71. The first-order valence-corrected chi connectivity index (χ1v) is 7.68. The van der Waals surface area contributed by atoms with E-state index < -0.39 is 17.7 Å². The molecule has 2 aliphatic heterocycles. The highest BCUT2D eigenvalue weighted by atomic mass is 16.6. The molecule has 0 aromatic carbocycles. The fourth-order valence-corrected chi connectivity index (χ4v) is 3.16. The first-order valence-electron chi connectivity index (χ1n) is 7.68. The summed E-state index contributed by atoms with van der Waals surface area (Å²) in [5, 5.41) is 9.24. The van der Waals surface area contributed by atoms with Gasteiger partial charge < -0.3 is 19.5 Å². The maximum Gasteiger partial charge on any atom is 0.407 e. The Bertz CT molecular complexity index is 658. The Hall–Kier alpha value is -2.31. The van der Waals surface area contributed by atoms with Gasteiger partial charge in [-0.2, -0.15) is 0 Å². The van der Waals surface area contributed by atoms with Gasteiger partial charge in [-0.1, -0.05) is 0 Å². The normalized spacial score (nSPS) is 25.7. The number of carbonyl (C=O) groups excluding carboxylic acids is 1. The van der Waals surface area contributed by atoms with E-state index in [2.05, 4.69) is 4.98 Å². The molecule has 1 aromatic rings. The third kappa shape index (κ3) is 2.71. The molecule has 0 saturated carbocycles. The van der Waals surface area contributed by atoms with Crippen LogP contribution < -0.4 is 4.74 Å². The summed E-state index contributed by atoms with van der Waals surface area (Å²) in [6.07, 6.45) is 1.73. The highest BCUT2D eigenvalue weighted by molar-refractivity contribution is 5.96. The standard InChI is InChI=1S/C16H20N2O5/c1-9-4-5-10(8-18(9)15(20)21)22-13-12-11(6-7-17-13)16(2,3)23-14(12)19/h6-7,9-10H,4-5,8H2,1-3H3,(H,20,21). The first-order chi connectivity index (χ1) is 10.8. The van der Waals surface area contributed by atoms with Crippen LogP contribution in [0.4, 0.5) is 4.79 Å². The zero-order chi connectivity index (χ0) is 16.8. The molecule has 7 heteroatoms. The minimum absolute atomic E-state index is 0.0364. The molecular weight excluding hydrogens is 300 g/mol. The predicted octanol–water partition coefficient (Wildman–Crippen LogP) is 2.40. The third-order valence-corrected chi connectivity index (χ3v) is 4.48. The summed E-state index contributed by atoms with van der Waals surface area (Å²) in [7, 11) is 0. The SMILES string of the molecule is CC1CCC(Oc2nccc3c2C(=O)OC3(C)C)CN1C(=O)O. The van der Waals surface area contributed by atoms with Crippen molar-refractivity contribution < 1.29 is 24.2 Å². The quantitative estimate of drug-likeness (QED) is 0.842. The fourth-order valence-electron chi connectivity index (χ4n) is 3.16. The molecule has 7 nitrogen and oxygen atoms in total. The van der Waals surface area contributed by atoms with Crippen molar-refractivity contribution in [3.05, 3.63) is 23.4 Å². The third-order valence-electron chi connectivity index (χ3n) is 4.48. The molecule has 2 aliphatic rings. The molecule has 0 bridgehead atoms. The van der Waals surface area contributed by atoms with Crippen LogP contribution in [0, 0.1) is 0 Å². The minimum Gasteiger partial charge on any atom is -0.472 e. The van der Waals surface area contributed by atoms with Crippen LogP contribution in [-0.2, 0) is 10.3 Å². The van der Waals surface area contributed by atoms with Gasteiger partial charge in [0.05, 0.1) is 6.54 Å². The number of piperidine rings is 1. The second kappa shape index (κ2) is 5.40. The summed E-state index contributed by atoms with van der Waals surface area (Å²) < 4.78 is 11.2. The summed E-state index contributed by atoms with van der Waals surface area (Å²) in [6.45, 7) is 5.77. The number of cyclic esters (lactones) is 1. The van der Waals surface area contributed by atoms with Gasteiger partial charge in [0, 0.05) is 17.8 Å². The van der Waals surface area contributed by atoms with E-state index in [0.29, 0.717) is 18.4 Å². The lowest BCUT2D eigenvalue weighted by Gasteiger charge is -2.35. The molecule has 124 valence electrons. The number of nitrogens with zero attached hydrogens (tertiary/aromatic N) is 2. The molecule has 2 unspecified atom stereocenters. The molecule has 3 heterocycles. The number of carboxylic acid groups (broad SMARTS) is 1. The molecule has 1 saturated heterocycles. The second-order valence-electron chi connectivity index (χ2n) is 6.54. The van der Waals surface area contributed by atoms with Crippen LogP contribution in [0.25, 0.3) is 0 Å². The number of pyridine rings is 1. The Kier molecular flexibility index (Phi) is 3.66. The molecule has 1 N–H and O–H groups in total. The number of aromatic nitrogens is 1. The molecule has 1 aromatic heterocycles. The number of likely N-dealkylation sites (tertiary alicyclic amines) is 1. The maximum absolute atomic E-state index is 12.1. The van der Waals surface area contributed by atoms with Gasteiger partial charge in [0.1, 0.15) is 17.3 Å². The number of rotatable bonds is 2. The number of hydrogen-bond acceptors (Lipinski definition) is 5. The van der Waals surface area contributed by atoms with Gasteiger partial charge in [0.15, 0.2) is 0 Å². The van der Waals surface area contributed by atoms with Crippen LogP contribution in [0.2, 0.25) is 0 Å². The minimum atomic E-state index is -0.961. The number of fused-ring (bicyclic) bond motifs is 1. The maximum atomic E-state index is 12.1. The van der Waals surface area contributed by atoms with Gasteiger partial charge in [-0.3, -0.25) is 0 Å². The van der Waals surface area contributed by atoms with Crippen molar-refractivity contribution in [3.8, 4) is 5.88 Å². The van der Waals surface area contributed by atoms with E-state index in [1.807, 2.05) is 20.8 Å². The number of amides is 1. The Morgan fingerprint density at radius 3 is 2.91 bits per heavy atom. The van der Waals surface area contributed by atoms with Crippen LogP contribution >= 0.6 is 0 Å². The van der Waals surface area contributed by atoms with E-state index in [1.165, 1.54) is 4.90 Å². The van der Waals surface area contributed by atoms with Gasteiger partial charge in [-0.05, 0) is 39.7 Å². The molecule has 0 aliphatic carbocycles. The average Bonchev–Trinajstić information content (AvgIpc) is 2.71. The van der Waals surface area contributed by atoms with Gasteiger partial charge in [0.25, 0.3) is 0 Å². The highest BCUT2D eigenvalue weighted by Gasteiger charge is 2.41. The van der Waals surface area contributed by atoms with E-state index in [-0.39, 0.29) is 24.6 Å². The zero-order valence-corrected chi connectivity index (χ0v) is 13.4. The molecule has 2 atom stereocenters. The topological polar surface area (TPSA) is 89.0 Å². The Labute approximate surface area is 134 Å². The summed E-state index contributed by atoms with van der Waals surface area (Å²) in [5.41, 5.74) is 0.381. The van der Waals surface area contributed by atoms with Crippen molar-refractivity contribution in [2.75, 3.05) is 6.54 Å². The van der Waals surface area contributed by atoms with Crippen LogP contribution in [0.5, 0.6) is 5.88 Å². The van der Waals surface area contributed by atoms with Crippen molar-refractivity contribution in [2.24, 2.45) is 0 Å². The summed E-state index contributed by atoms with van der Waals surface area (Å²) in [4.78, 5) is 28.9. The molecule has 0 spiro atoms. The molecule has 3 rings (SSSR count). The predicted molar refractivity (Wildman–Crippen MR) is 80.5 cm³/mol. The number of carbonyl (C=O) groups is 2. The lowest BCUT2D eigenvalue weighted by Crippen LogP contribution is -2.48. The number of ether oxygens (including phenoxy) is 2. The Balaban J connectivity index is 1.84. The van der Waals surface area contributed by atoms with Crippen molar-refractivity contribution in [1.29, 1.82) is 0 Å². The Morgan fingerprint density at radius 2 is 2.22 bits per heavy atom. The van der Waals surface area contributed by atoms with Gasteiger partial charge in [0.2, 0.25) is 5.88 Å². The van der Waals surface area contributed by atoms with Crippen molar-refractivity contribution in [2.45, 2.75) is 51.4 Å². The van der Waals surface area contributed by atoms with E-state index >= 15 is 0 Å². The fraction of sp³-hybridized carbons (Fsp3) is 0.562. The molecule has 1 fully saturated rings. The Morgan fingerprint density at radius 1 is 1.48 bits per heavy atom. The number of esters is 1.